The third kappa shape index (κ3) is 4.67. The molecule has 5 amide bonds. The Morgan fingerprint density at radius 3 is 2.29 bits per heavy atom. The summed E-state index contributed by atoms with van der Waals surface area (Å²) >= 11 is 6.54. The summed E-state index contributed by atoms with van der Waals surface area (Å²) in [5.41, 5.74) is 8.99. The molecule has 0 saturated carbocycles. The van der Waals surface area contributed by atoms with E-state index in [0.29, 0.717) is 40.7 Å². The molecule has 1 heterocycles. The maximum atomic E-state index is 13.2. The molecule has 35 heavy (non-hydrogen) atoms. The van der Waals surface area contributed by atoms with Crippen LogP contribution in [-0.4, -0.2) is 44.4 Å². The van der Waals surface area contributed by atoms with Crippen molar-refractivity contribution in [1.82, 2.24) is 5.32 Å². The monoisotopic (exact) mass is 490 g/mol. The Labute approximate surface area is 207 Å². The van der Waals surface area contributed by atoms with Crippen molar-refractivity contribution >= 4 is 53.0 Å². The molecule has 0 unspecified atom stereocenters. The van der Waals surface area contributed by atoms with Gasteiger partial charge in [0.15, 0.2) is 0 Å². The Morgan fingerprint density at radius 1 is 1.03 bits per heavy atom. The number of rotatable bonds is 6. The summed E-state index contributed by atoms with van der Waals surface area (Å²) in [5, 5.41) is 10.4. The average Bonchev–Trinajstić information content (AvgIpc) is 3.25. The van der Waals surface area contributed by atoms with Crippen molar-refractivity contribution < 1.29 is 14.4 Å². The highest BCUT2D eigenvalue weighted by molar-refractivity contribution is 6.33. The van der Waals surface area contributed by atoms with Gasteiger partial charge in [0.1, 0.15) is 0 Å². The number of amides is 5. The number of anilines is 3. The zero-order valence-corrected chi connectivity index (χ0v) is 19.6. The zero-order chi connectivity index (χ0) is 25.1. The molecule has 0 aliphatic carbocycles. The predicted molar refractivity (Wildman–Crippen MR) is 138 cm³/mol. The Balaban J connectivity index is 1.60. The van der Waals surface area contributed by atoms with Crippen LogP contribution in [0, 0.1) is 5.41 Å². The molecular weight excluding hydrogens is 468 g/mol. The summed E-state index contributed by atoms with van der Waals surface area (Å²) in [7, 11) is 1.48. The molecular formula is C25H23ClN6O3. The van der Waals surface area contributed by atoms with Crippen LogP contribution in [0.25, 0.3) is 11.1 Å². The molecule has 4 N–H and O–H groups in total. The van der Waals surface area contributed by atoms with E-state index in [1.54, 1.807) is 52.3 Å². The molecule has 3 aromatic rings. The maximum Gasteiger partial charge on any atom is 0.329 e. The predicted octanol–water partition coefficient (Wildman–Crippen LogP) is 4.31. The number of carbonyl (C=O) groups excluding carboxylic acids is 3. The van der Waals surface area contributed by atoms with Gasteiger partial charge in [0.25, 0.3) is 0 Å². The second-order valence-corrected chi connectivity index (χ2v) is 8.18. The fourth-order valence-electron chi connectivity index (χ4n) is 3.94. The zero-order valence-electron chi connectivity index (χ0n) is 18.9. The first kappa shape index (κ1) is 23.8. The van der Waals surface area contributed by atoms with E-state index in [9.17, 15) is 14.4 Å². The molecule has 1 saturated heterocycles. The van der Waals surface area contributed by atoms with E-state index in [1.807, 2.05) is 24.3 Å². The van der Waals surface area contributed by atoms with E-state index < -0.39 is 11.9 Å². The molecule has 0 atom stereocenters. The molecule has 0 aromatic heterocycles. The van der Waals surface area contributed by atoms with Gasteiger partial charge in [0, 0.05) is 42.6 Å². The molecule has 1 aliphatic heterocycles. The minimum atomic E-state index is -0.551. The Kier molecular flexibility index (Phi) is 6.70. The van der Waals surface area contributed by atoms with Crippen molar-refractivity contribution in [2.24, 2.45) is 5.73 Å². The molecule has 178 valence electrons. The lowest BCUT2D eigenvalue weighted by molar-refractivity contribution is 0.1000. The van der Waals surface area contributed by atoms with Gasteiger partial charge < -0.3 is 11.1 Å². The fourth-order valence-corrected chi connectivity index (χ4v) is 4.23. The maximum absolute atomic E-state index is 13.2. The molecule has 9 nitrogen and oxygen atoms in total. The van der Waals surface area contributed by atoms with Crippen LogP contribution < -0.4 is 25.8 Å². The van der Waals surface area contributed by atoms with Crippen molar-refractivity contribution in [3.63, 3.8) is 0 Å². The van der Waals surface area contributed by atoms with Crippen LogP contribution in [0.15, 0.2) is 66.7 Å². The number of nitrogens with one attached hydrogen (secondary N) is 2. The number of primary amides is 1. The lowest BCUT2D eigenvalue weighted by Gasteiger charge is -2.20. The minimum Gasteiger partial charge on any atom is -0.366 e. The van der Waals surface area contributed by atoms with Gasteiger partial charge in [0.2, 0.25) is 5.91 Å². The highest BCUT2D eigenvalue weighted by atomic mass is 35.5. The van der Waals surface area contributed by atoms with Gasteiger partial charge in [0.05, 0.1) is 17.0 Å². The molecule has 4 rings (SSSR count). The van der Waals surface area contributed by atoms with Crippen molar-refractivity contribution in [3.05, 3.63) is 77.3 Å². The van der Waals surface area contributed by atoms with Crippen LogP contribution in [0.1, 0.15) is 10.4 Å². The van der Waals surface area contributed by atoms with Crippen LogP contribution in [0.3, 0.4) is 0 Å². The molecule has 3 aromatic carbocycles. The lowest BCUT2D eigenvalue weighted by Crippen LogP contribution is -2.36. The van der Waals surface area contributed by atoms with Crippen LogP contribution in [0.5, 0.6) is 0 Å². The van der Waals surface area contributed by atoms with Crippen LogP contribution >= 0.6 is 11.6 Å². The molecule has 10 heteroatoms. The SMILES string of the molecule is CNC(=O)N(C=N)c1ccc(-c2cccc(N3CCN(c4cccc(C(N)=O)c4)C3=O)c2)c(Cl)c1. The molecule has 1 aliphatic rings. The van der Waals surface area contributed by atoms with E-state index in [4.69, 9.17) is 22.7 Å². The third-order valence-corrected chi connectivity index (χ3v) is 6.03. The van der Waals surface area contributed by atoms with Gasteiger partial charge in [-0.15, -0.1) is 0 Å². The van der Waals surface area contributed by atoms with E-state index in [1.165, 1.54) is 7.05 Å². The third-order valence-electron chi connectivity index (χ3n) is 5.71. The number of hydrogen-bond donors (Lipinski definition) is 3. The Hall–Kier alpha value is -4.37. The van der Waals surface area contributed by atoms with Gasteiger partial charge in [-0.2, -0.15) is 0 Å². The number of carbonyl (C=O) groups is 3. The highest BCUT2D eigenvalue weighted by Gasteiger charge is 2.31. The van der Waals surface area contributed by atoms with E-state index in [-0.39, 0.29) is 6.03 Å². The first-order chi connectivity index (χ1) is 16.8. The quantitative estimate of drug-likeness (QED) is 0.352. The summed E-state index contributed by atoms with van der Waals surface area (Å²) in [5.74, 6) is -0.551. The van der Waals surface area contributed by atoms with Crippen LogP contribution in [0.4, 0.5) is 26.7 Å². The smallest absolute Gasteiger partial charge is 0.329 e. The number of benzene rings is 3. The van der Waals surface area contributed by atoms with Crippen molar-refractivity contribution in [1.29, 1.82) is 5.41 Å². The summed E-state index contributed by atoms with van der Waals surface area (Å²) in [6.45, 7) is 0.926. The Morgan fingerprint density at radius 2 is 1.69 bits per heavy atom. The standard InChI is InChI=1S/C25H23ClN6O3/c1-29-24(34)32(15-27)20-8-9-21(22(26)14-20)16-4-2-6-18(12-16)30-10-11-31(25(30)35)19-7-3-5-17(13-19)23(28)33/h2-9,12-15,27H,10-11H2,1H3,(H2,28,33)(H,29,34). The Bertz CT molecular complexity index is 1330. The van der Waals surface area contributed by atoms with E-state index >= 15 is 0 Å². The van der Waals surface area contributed by atoms with Crippen molar-refractivity contribution in [2.45, 2.75) is 0 Å². The fraction of sp³-hybridized carbons (Fsp3) is 0.120. The van der Waals surface area contributed by atoms with Crippen molar-refractivity contribution in [3.8, 4) is 11.1 Å². The number of halogens is 1. The lowest BCUT2D eigenvalue weighted by atomic mass is 10.0. The van der Waals surface area contributed by atoms with Gasteiger partial charge in [-0.3, -0.25) is 24.9 Å². The first-order valence-electron chi connectivity index (χ1n) is 10.7. The average molecular weight is 491 g/mol. The summed E-state index contributed by atoms with van der Waals surface area (Å²) < 4.78 is 0. The summed E-state index contributed by atoms with van der Waals surface area (Å²) in [6.07, 6.45) is 0.911. The van der Waals surface area contributed by atoms with Gasteiger partial charge in [-0.1, -0.05) is 35.9 Å². The van der Waals surface area contributed by atoms with Gasteiger partial charge >= 0.3 is 12.1 Å². The molecule has 0 spiro atoms. The largest absolute Gasteiger partial charge is 0.366 e. The minimum absolute atomic E-state index is 0.211. The molecule has 1 fully saturated rings. The van der Waals surface area contributed by atoms with Gasteiger partial charge in [-0.05, 0) is 48.0 Å². The van der Waals surface area contributed by atoms with E-state index in [0.717, 1.165) is 22.4 Å². The normalized spacial score (nSPS) is 13.0. The van der Waals surface area contributed by atoms with Gasteiger partial charge in [-0.25, -0.2) is 9.59 Å². The number of urea groups is 2. The second kappa shape index (κ2) is 9.86. The second-order valence-electron chi connectivity index (χ2n) is 7.77. The number of hydrogen-bond acceptors (Lipinski definition) is 4. The number of nitrogens with zero attached hydrogens (tertiary/aromatic N) is 3. The molecule has 0 bridgehead atoms. The van der Waals surface area contributed by atoms with Crippen LogP contribution in [0.2, 0.25) is 5.02 Å². The van der Waals surface area contributed by atoms with Crippen LogP contribution in [-0.2, 0) is 0 Å². The summed E-state index contributed by atoms with van der Waals surface area (Å²) in [4.78, 5) is 41.1. The first-order valence-corrected chi connectivity index (χ1v) is 11.1. The number of nitrogens with two attached hydrogens (primary N) is 1. The summed E-state index contributed by atoms with van der Waals surface area (Å²) in [6, 6.07) is 18.5. The van der Waals surface area contributed by atoms with Crippen molar-refractivity contribution in [2.75, 3.05) is 34.8 Å². The van der Waals surface area contributed by atoms with E-state index in [2.05, 4.69) is 5.32 Å². The topological polar surface area (TPSA) is 123 Å². The molecule has 0 radical (unpaired) electrons. The highest BCUT2D eigenvalue weighted by Crippen LogP contribution is 2.34.